The molecule has 0 bridgehead atoms. The van der Waals surface area contributed by atoms with E-state index in [1.165, 1.54) is 11.0 Å². The summed E-state index contributed by atoms with van der Waals surface area (Å²) in [6.07, 6.45) is -4.44. The highest BCUT2D eigenvalue weighted by molar-refractivity contribution is 6.23. The molecule has 0 fully saturated rings. The Morgan fingerprint density at radius 3 is 2.76 bits per heavy atom. The van der Waals surface area contributed by atoms with Gasteiger partial charge in [-0.2, -0.15) is 13.2 Å². The number of methoxy groups -OCH3 is 1. The Kier molecular flexibility index (Phi) is 4.45. The number of alkyl halides is 3. The van der Waals surface area contributed by atoms with Crippen LogP contribution in [0.1, 0.15) is 17.0 Å². The number of fused-ring (bicyclic) bond motifs is 1. The van der Waals surface area contributed by atoms with Crippen molar-refractivity contribution in [3.05, 3.63) is 65.2 Å². The molecule has 0 amide bonds. The molecule has 0 radical (unpaired) electrons. The molecule has 29 heavy (non-hydrogen) atoms. The first-order valence-corrected chi connectivity index (χ1v) is 8.72. The molecule has 3 aromatic rings. The van der Waals surface area contributed by atoms with Crippen LogP contribution in [-0.4, -0.2) is 39.5 Å². The van der Waals surface area contributed by atoms with Gasteiger partial charge in [0.2, 0.25) is 0 Å². The van der Waals surface area contributed by atoms with Crippen molar-refractivity contribution in [2.45, 2.75) is 12.7 Å². The van der Waals surface area contributed by atoms with E-state index in [0.717, 1.165) is 12.1 Å². The van der Waals surface area contributed by atoms with Crippen molar-refractivity contribution < 1.29 is 23.0 Å². The zero-order valence-electron chi connectivity index (χ0n) is 15.3. The Morgan fingerprint density at radius 2 is 2.03 bits per heavy atom. The second kappa shape index (κ2) is 6.84. The van der Waals surface area contributed by atoms with Crippen molar-refractivity contribution in [1.82, 2.24) is 14.9 Å². The smallest absolute Gasteiger partial charge is 0.416 e. The number of hydrogen-bond acceptors (Lipinski definition) is 4. The van der Waals surface area contributed by atoms with Gasteiger partial charge in [-0.15, -0.1) is 0 Å². The fourth-order valence-electron chi connectivity index (χ4n) is 3.32. The van der Waals surface area contributed by atoms with E-state index in [1.807, 2.05) is 0 Å². The number of benzene rings is 2. The molecule has 6 nitrogen and oxygen atoms in total. The zero-order chi connectivity index (χ0) is 20.8. The summed E-state index contributed by atoms with van der Waals surface area (Å²) < 4.78 is 44.0. The fraction of sp³-hybridized carbons (Fsp3) is 0.200. The number of imidazole rings is 1. The van der Waals surface area contributed by atoms with Crippen LogP contribution in [0.4, 0.5) is 13.2 Å². The van der Waals surface area contributed by atoms with Gasteiger partial charge < -0.3 is 19.7 Å². The quantitative estimate of drug-likeness (QED) is 0.606. The molecule has 2 heterocycles. The molecule has 4 rings (SSSR count). The van der Waals surface area contributed by atoms with E-state index in [-0.39, 0.29) is 30.3 Å². The predicted octanol–water partition coefficient (Wildman–Crippen LogP) is 4.35. The molecular weight excluding hydrogens is 385 g/mol. The summed E-state index contributed by atoms with van der Waals surface area (Å²) >= 11 is 0. The highest BCUT2D eigenvalue weighted by atomic mass is 19.4. The molecule has 2 aromatic carbocycles. The summed E-state index contributed by atoms with van der Waals surface area (Å²) in [5.74, 6) is 0.889. The number of nitrogens with one attached hydrogen (secondary N) is 2. The molecule has 0 saturated heterocycles. The van der Waals surface area contributed by atoms with Crippen molar-refractivity contribution in [3.8, 4) is 5.75 Å². The average Bonchev–Trinajstić information content (AvgIpc) is 3.20. The maximum Gasteiger partial charge on any atom is 0.416 e. The molecule has 1 aliphatic heterocycles. The molecule has 1 aliphatic rings. The van der Waals surface area contributed by atoms with Crippen molar-refractivity contribution in [3.63, 3.8) is 0 Å². The third-order valence-electron chi connectivity index (χ3n) is 4.74. The van der Waals surface area contributed by atoms with Gasteiger partial charge in [0.15, 0.2) is 0 Å². The molecule has 0 aliphatic carbocycles. The fourth-order valence-corrected chi connectivity index (χ4v) is 3.32. The number of aliphatic hydroxyl groups is 1. The maximum absolute atomic E-state index is 12.9. The number of aliphatic hydroxyl groups excluding tert-OH is 1. The molecule has 1 aromatic heterocycles. The van der Waals surface area contributed by atoms with Crippen LogP contribution < -0.4 is 4.74 Å². The summed E-state index contributed by atoms with van der Waals surface area (Å²) in [5, 5.41) is 18.8. The summed E-state index contributed by atoms with van der Waals surface area (Å²) in [6, 6.07) is 10.2. The zero-order valence-corrected chi connectivity index (χ0v) is 15.3. The van der Waals surface area contributed by atoms with Gasteiger partial charge in [0.1, 0.15) is 23.2 Å². The lowest BCUT2D eigenvalue weighted by molar-refractivity contribution is -0.137. The topological polar surface area (TPSA) is 85.2 Å². The number of aromatic amines is 1. The number of halogens is 3. The minimum Gasteiger partial charge on any atom is -0.510 e. The van der Waals surface area contributed by atoms with Crippen LogP contribution in [0.25, 0.3) is 16.6 Å². The number of nitrogens with zero attached hydrogens (tertiary/aromatic N) is 2. The predicted molar refractivity (Wildman–Crippen MR) is 102 cm³/mol. The number of aromatic nitrogens is 2. The number of ether oxygens (including phenoxy) is 1. The SMILES string of the molecule is COc1ccc2nc(C3=C(O)CN(Cc4cccc(C(F)(F)F)c4)C3=N)[nH]c2c1. The number of hydrogen-bond donors (Lipinski definition) is 3. The van der Waals surface area contributed by atoms with E-state index in [0.29, 0.717) is 28.2 Å². The average molecular weight is 402 g/mol. The van der Waals surface area contributed by atoms with Crippen molar-refractivity contribution in [2.75, 3.05) is 13.7 Å². The molecule has 3 N–H and O–H groups in total. The maximum atomic E-state index is 12.9. The summed E-state index contributed by atoms with van der Waals surface area (Å²) in [4.78, 5) is 8.97. The summed E-state index contributed by atoms with van der Waals surface area (Å²) in [6.45, 7) is 0.0785. The van der Waals surface area contributed by atoms with Crippen molar-refractivity contribution >= 4 is 22.4 Å². The van der Waals surface area contributed by atoms with Crippen LogP contribution in [0.3, 0.4) is 0 Å². The molecule has 0 saturated carbocycles. The van der Waals surface area contributed by atoms with Crippen LogP contribution in [0.15, 0.2) is 48.2 Å². The number of amidine groups is 1. The molecule has 0 spiro atoms. The summed E-state index contributed by atoms with van der Waals surface area (Å²) in [5.41, 5.74) is 1.21. The standard InChI is InChI=1S/C20H17F3N4O2/c1-29-13-5-6-14-15(8-13)26-19(25-14)17-16(28)10-27(18(17)24)9-11-3-2-4-12(7-11)20(21,22)23/h2-8,24,28H,9-10H2,1H3,(H,25,26). The lowest BCUT2D eigenvalue weighted by Crippen LogP contribution is -2.26. The Morgan fingerprint density at radius 1 is 1.24 bits per heavy atom. The van der Waals surface area contributed by atoms with Gasteiger partial charge in [-0.3, -0.25) is 5.41 Å². The second-order valence-electron chi connectivity index (χ2n) is 6.69. The van der Waals surface area contributed by atoms with Crippen LogP contribution in [0, 0.1) is 5.41 Å². The third-order valence-corrected chi connectivity index (χ3v) is 4.74. The van der Waals surface area contributed by atoms with Crippen molar-refractivity contribution in [2.24, 2.45) is 0 Å². The molecule has 0 unspecified atom stereocenters. The van der Waals surface area contributed by atoms with Crippen molar-refractivity contribution in [1.29, 1.82) is 5.41 Å². The van der Waals surface area contributed by atoms with Gasteiger partial charge in [-0.25, -0.2) is 4.98 Å². The van der Waals surface area contributed by atoms with Crippen LogP contribution in [0.5, 0.6) is 5.75 Å². The molecule has 9 heteroatoms. The first kappa shape index (κ1) is 18.9. The van der Waals surface area contributed by atoms with Gasteiger partial charge in [0.25, 0.3) is 0 Å². The van der Waals surface area contributed by atoms with E-state index >= 15 is 0 Å². The number of H-pyrrole nitrogens is 1. The Balaban J connectivity index is 1.59. The Bertz CT molecular complexity index is 1130. The summed E-state index contributed by atoms with van der Waals surface area (Å²) in [7, 11) is 1.55. The van der Waals surface area contributed by atoms with E-state index in [9.17, 15) is 18.3 Å². The highest BCUT2D eigenvalue weighted by Gasteiger charge is 2.32. The minimum atomic E-state index is -4.44. The number of rotatable bonds is 4. The van der Waals surface area contributed by atoms with Crippen LogP contribution in [0.2, 0.25) is 0 Å². The normalized spacial score (nSPS) is 14.9. The lowest BCUT2D eigenvalue weighted by atomic mass is 10.1. The molecular formula is C20H17F3N4O2. The Hall–Kier alpha value is -3.49. The first-order valence-electron chi connectivity index (χ1n) is 8.72. The molecule has 150 valence electrons. The minimum absolute atomic E-state index is 0.00840. The van der Waals surface area contributed by atoms with Gasteiger partial charge >= 0.3 is 6.18 Å². The lowest BCUT2D eigenvalue weighted by Gasteiger charge is -2.19. The molecule has 0 atom stereocenters. The Labute approximate surface area is 163 Å². The first-order chi connectivity index (χ1) is 13.8. The van der Waals surface area contributed by atoms with Crippen LogP contribution >= 0.6 is 0 Å². The highest BCUT2D eigenvalue weighted by Crippen LogP contribution is 2.32. The van der Waals surface area contributed by atoms with E-state index in [4.69, 9.17) is 10.1 Å². The van der Waals surface area contributed by atoms with E-state index in [2.05, 4.69) is 9.97 Å². The second-order valence-corrected chi connectivity index (χ2v) is 6.69. The van der Waals surface area contributed by atoms with Crippen LogP contribution in [-0.2, 0) is 12.7 Å². The van der Waals surface area contributed by atoms with Gasteiger partial charge in [-0.1, -0.05) is 12.1 Å². The third kappa shape index (κ3) is 3.51. The van der Waals surface area contributed by atoms with E-state index < -0.39 is 11.7 Å². The van der Waals surface area contributed by atoms with Gasteiger partial charge in [-0.05, 0) is 29.8 Å². The van der Waals surface area contributed by atoms with E-state index in [1.54, 1.807) is 31.4 Å². The monoisotopic (exact) mass is 402 g/mol. The van der Waals surface area contributed by atoms with Gasteiger partial charge in [0, 0.05) is 12.6 Å². The van der Waals surface area contributed by atoms with Gasteiger partial charge in [0.05, 0.1) is 35.8 Å². The largest absolute Gasteiger partial charge is 0.510 e.